The van der Waals surface area contributed by atoms with Crippen molar-refractivity contribution >= 4 is 123 Å². The van der Waals surface area contributed by atoms with Crippen LogP contribution in [-0.4, -0.2) is 111 Å². The molecule has 111 heavy (non-hydrogen) atoms. The minimum atomic E-state index is -4.13. The normalized spacial score (nSPS) is 21.8. The highest BCUT2D eigenvalue weighted by atomic mass is 32.2. The summed E-state index contributed by atoms with van der Waals surface area (Å²) in [7, 11) is -7.26. The van der Waals surface area contributed by atoms with Crippen molar-refractivity contribution in [3.63, 3.8) is 0 Å². The Hall–Kier alpha value is -8.78. The number of benzene rings is 5. The first kappa shape index (κ1) is 74.9. The smallest absolute Gasteiger partial charge is 0.374 e. The molecule has 5 aromatic carbocycles. The number of aromatic nitrogens is 2. The maximum absolute atomic E-state index is 14.9. The number of ketones is 1. The van der Waals surface area contributed by atoms with Gasteiger partial charge in [-0.1, -0.05) is 142 Å². The lowest BCUT2D eigenvalue weighted by Crippen LogP contribution is -2.70. The van der Waals surface area contributed by atoms with E-state index in [4.69, 9.17) is 4.74 Å². The third-order valence-electron chi connectivity index (χ3n) is 26.0. The van der Waals surface area contributed by atoms with Crippen molar-refractivity contribution in [3.8, 4) is 0 Å². The minimum Gasteiger partial charge on any atom is -0.374 e. The van der Waals surface area contributed by atoms with Gasteiger partial charge in [-0.15, -0.1) is 0 Å². The number of Topliss-reactive ketones (excluding diaryl/α,β-unsaturated/α-hetero) is 1. The molecule has 0 fully saturated rings. The van der Waals surface area contributed by atoms with Gasteiger partial charge >= 0.3 is 5.91 Å². The van der Waals surface area contributed by atoms with Gasteiger partial charge in [0.2, 0.25) is 28.7 Å². The Morgan fingerprint density at radius 3 is 2.23 bits per heavy atom. The van der Waals surface area contributed by atoms with Gasteiger partial charge in [0.15, 0.2) is 17.2 Å². The fraction of sp³-hybridized carbons (Fsp3) is 0.409. The van der Waals surface area contributed by atoms with Crippen molar-refractivity contribution < 1.29 is 49.4 Å². The highest BCUT2D eigenvalue weighted by molar-refractivity contribution is 8.03. The quantitative estimate of drug-likeness (QED) is 0.0287. The van der Waals surface area contributed by atoms with Crippen molar-refractivity contribution in [2.75, 3.05) is 47.7 Å². The van der Waals surface area contributed by atoms with E-state index in [1.54, 1.807) is 11.8 Å². The van der Waals surface area contributed by atoms with Crippen LogP contribution in [-0.2, 0) is 46.2 Å². The Balaban J connectivity index is 0.703. The molecule has 0 saturated heterocycles. The molecule has 0 radical (unpaired) electrons. The van der Waals surface area contributed by atoms with E-state index < -0.39 is 36.7 Å². The Morgan fingerprint density at radius 1 is 0.775 bits per heavy atom. The van der Waals surface area contributed by atoms with Crippen LogP contribution in [0, 0.1) is 25.7 Å². The van der Waals surface area contributed by atoms with Crippen LogP contribution in [0.4, 0.5) is 17.1 Å². The average Bonchev–Trinajstić information content (AvgIpc) is 1.46. The predicted octanol–water partition coefficient (Wildman–Crippen LogP) is 17.8. The Kier molecular flexibility index (Phi) is 19.0. The van der Waals surface area contributed by atoms with Gasteiger partial charge in [0.05, 0.1) is 56.8 Å². The maximum Gasteiger partial charge on any atom is 0.553 e. The second kappa shape index (κ2) is 28.1. The molecule has 4 unspecified atom stereocenters. The SMILES string of the molecule is CCCCCCOC(C)c1c(C)c2n3c1=CC1=[N+]4C(=Cc5c(C)c6c7n5C34[N+]3=C(C=2)C(C)C(CCC(=O)Nc2ccc(SC4=C(C=CC5=[N+](CCCCS(=O)(=O)O)c8ccc9ccccc9c8C5(C)C)CCCC4=C/C=C4/N(CCCCS(C)(=O)=O)c5ccc8ccccc8c5C4(C)C)cc2)C3=C7CC6=O)C(CC)=C1C. The first-order valence-corrected chi connectivity index (χ1v) is 45.0. The minimum absolute atomic E-state index is 0.0137. The molecule has 17 rings (SSSR count). The summed E-state index contributed by atoms with van der Waals surface area (Å²) in [5.74, 6) is -1.04. The zero-order valence-electron chi connectivity index (χ0n) is 66.4. The molecular formula is C93H104N7O8S3+3. The number of nitrogens with one attached hydrogen (secondary N) is 1. The molecular weight excluding hydrogens is 1440 g/mol. The first-order valence-electron chi connectivity index (χ1n) is 40.5. The van der Waals surface area contributed by atoms with Crippen LogP contribution < -0.4 is 20.9 Å². The largest absolute Gasteiger partial charge is 0.553 e. The van der Waals surface area contributed by atoms with Crippen molar-refractivity contribution in [3.05, 3.63) is 221 Å². The lowest BCUT2D eigenvalue weighted by molar-refractivity contribution is -0.836. The molecule has 2 aromatic heterocycles. The van der Waals surface area contributed by atoms with Crippen LogP contribution >= 0.6 is 11.8 Å². The molecule has 1 spiro atoms. The molecule has 10 aliphatic rings. The lowest BCUT2D eigenvalue weighted by atomic mass is 9.78. The molecule has 1 amide bonds. The molecule has 18 heteroatoms. The molecule has 0 saturated carbocycles. The number of carbonyl (C=O) groups is 2. The summed E-state index contributed by atoms with van der Waals surface area (Å²) in [4.78, 5) is 34.4. The third-order valence-corrected chi connectivity index (χ3v) is 29.1. The number of hydrogen-bond donors (Lipinski definition) is 2. The van der Waals surface area contributed by atoms with Gasteiger partial charge < -0.3 is 15.0 Å². The number of hydrogen-bond acceptors (Lipinski definition) is 9. The molecule has 4 atom stereocenters. The van der Waals surface area contributed by atoms with Crippen molar-refractivity contribution in [1.82, 2.24) is 9.13 Å². The van der Waals surface area contributed by atoms with E-state index in [9.17, 15) is 31.0 Å². The zero-order valence-corrected chi connectivity index (χ0v) is 68.8. The molecule has 7 aromatic rings. The van der Waals surface area contributed by atoms with Gasteiger partial charge in [-0.3, -0.25) is 14.1 Å². The molecule has 2 N–H and O–H groups in total. The van der Waals surface area contributed by atoms with Gasteiger partial charge in [-0.25, -0.2) is 8.42 Å². The van der Waals surface area contributed by atoms with Crippen LogP contribution in [0.3, 0.4) is 0 Å². The van der Waals surface area contributed by atoms with E-state index >= 15 is 0 Å². The fourth-order valence-electron chi connectivity index (χ4n) is 20.9. The zero-order chi connectivity index (χ0) is 77.7. The van der Waals surface area contributed by atoms with Gasteiger partial charge in [-0.05, 0) is 191 Å². The number of nitrogens with zero attached hydrogens (tertiary/aromatic N) is 6. The van der Waals surface area contributed by atoms with E-state index in [2.05, 4.69) is 237 Å². The summed E-state index contributed by atoms with van der Waals surface area (Å²) >= 11 is 1.74. The van der Waals surface area contributed by atoms with Gasteiger partial charge in [0, 0.05) is 135 Å². The summed E-state index contributed by atoms with van der Waals surface area (Å²) in [6, 6.07) is 34.2. The van der Waals surface area contributed by atoms with Crippen molar-refractivity contribution in [1.29, 1.82) is 0 Å². The molecule has 8 aliphatic heterocycles. The molecule has 574 valence electrons. The van der Waals surface area contributed by atoms with E-state index in [1.807, 2.05) is 12.1 Å². The average molecular weight is 1540 g/mol. The first-order chi connectivity index (χ1) is 53.2. The van der Waals surface area contributed by atoms with Gasteiger partial charge in [-0.2, -0.15) is 22.1 Å². The molecule has 0 bridgehead atoms. The summed E-state index contributed by atoms with van der Waals surface area (Å²) in [5.41, 5.74) is 24.1. The van der Waals surface area contributed by atoms with Crippen molar-refractivity contribution in [2.24, 2.45) is 11.8 Å². The summed E-state index contributed by atoms with van der Waals surface area (Å²) in [6.07, 6.45) is 29.0. The number of ether oxygens (including phenoxy) is 1. The standard InChI is InChI=1S/C93H102N7O8S3/c1-13-15-16-23-49-108-60(7)84-58(5)76-53-75-57(4)68(88-71-52-80(101)85-59(6)77-54-78-67(14-2)56(3)74-55-79(84)98(76)93(97(74)78,99(75)88)100(77)89(71)85)41-46-83(102)94-65-37-39-66(40-38-65)109-90-63(35-44-81-91(8,9)86-69-31-19-17-27-61(69)33-42-72(86)95(81)47-21-24-50-110(12,103)104)29-26-30-64(90)36-45-82-92(10,11)87-70-32-20-18-28-62(70)34-43-73(87)96(82)48-22-25-51-111(105,106)107/h17-20,27-28,31-40,42-45,53-55,57,60,68H,13-16,21-26,29-30,41,46-52H2,1-12H3/q+1/p+2. The lowest BCUT2D eigenvalue weighted by Gasteiger charge is -2.39. The maximum atomic E-state index is 14.9. The van der Waals surface area contributed by atoms with E-state index in [0.29, 0.717) is 63.9 Å². The van der Waals surface area contributed by atoms with Crippen LogP contribution in [0.15, 0.2) is 171 Å². The Morgan fingerprint density at radius 2 is 1.50 bits per heavy atom. The Labute approximate surface area is 658 Å². The van der Waals surface area contributed by atoms with Crippen LogP contribution in [0.2, 0.25) is 0 Å². The number of amides is 1. The van der Waals surface area contributed by atoms with Crippen LogP contribution in [0.25, 0.3) is 45.3 Å². The topological polar surface area (TPSA) is 166 Å². The van der Waals surface area contributed by atoms with E-state index in [-0.39, 0.29) is 47.6 Å². The van der Waals surface area contributed by atoms with Crippen LogP contribution in [0.1, 0.15) is 214 Å². The number of sulfone groups is 1. The van der Waals surface area contributed by atoms with Crippen molar-refractivity contribution in [2.45, 2.75) is 200 Å². The van der Waals surface area contributed by atoms with Gasteiger partial charge in [0.25, 0.3) is 10.1 Å². The summed E-state index contributed by atoms with van der Waals surface area (Å²) < 4.78 is 78.2. The number of thioether (sulfide) groups is 1. The Bertz CT molecular complexity index is 5980. The molecule has 10 heterocycles. The highest BCUT2D eigenvalue weighted by Crippen LogP contribution is 2.59. The van der Waals surface area contributed by atoms with E-state index in [0.717, 1.165) is 121 Å². The number of allylic oxidation sites excluding steroid dienone is 11. The molecule has 2 aliphatic carbocycles. The second-order valence-corrected chi connectivity index (χ2v) is 38.5. The number of fused-ring (bicyclic) bond motifs is 6. The fourth-order valence-corrected chi connectivity index (χ4v) is 23.3. The highest BCUT2D eigenvalue weighted by Gasteiger charge is 2.75. The summed E-state index contributed by atoms with van der Waals surface area (Å²) in [6.45, 7) is 26.9. The van der Waals surface area contributed by atoms with Crippen LogP contribution in [0.5, 0.6) is 0 Å². The predicted molar refractivity (Wildman–Crippen MR) is 450 cm³/mol. The summed E-state index contributed by atoms with van der Waals surface area (Å²) in [5, 5.41) is 10.4. The number of carbonyl (C=O) groups excluding carboxylic acids is 2. The second-order valence-electron chi connectivity index (χ2n) is 33.6. The monoisotopic (exact) mass is 1540 g/mol. The molecule has 15 nitrogen and oxygen atoms in total. The number of anilines is 2. The van der Waals surface area contributed by atoms with Gasteiger partial charge in [0.1, 0.15) is 16.4 Å². The van der Waals surface area contributed by atoms with E-state index in [1.165, 1.54) is 96.9 Å². The number of rotatable bonds is 27. The number of unbranched alkanes of at least 4 members (excludes halogenated alkanes) is 5. The third kappa shape index (κ3) is 12.1.